The first-order valence-electron chi connectivity index (χ1n) is 7.51. The molecule has 2 fully saturated rings. The summed E-state index contributed by atoms with van der Waals surface area (Å²) in [6, 6.07) is 0.261. The summed E-state index contributed by atoms with van der Waals surface area (Å²) < 4.78 is 0. The van der Waals surface area contributed by atoms with Gasteiger partial charge in [0.05, 0.1) is 5.92 Å². The van der Waals surface area contributed by atoms with Crippen molar-refractivity contribution in [3.8, 4) is 0 Å². The maximum Gasteiger partial charge on any atom is 0.317 e. The molecule has 112 valence electrons. The summed E-state index contributed by atoms with van der Waals surface area (Å²) in [4.78, 5) is 25.2. The lowest BCUT2D eigenvalue weighted by molar-refractivity contribution is -0.144. The molecule has 0 spiro atoms. The van der Waals surface area contributed by atoms with E-state index in [1.54, 1.807) is 11.0 Å². The fourth-order valence-electron chi connectivity index (χ4n) is 3.02. The van der Waals surface area contributed by atoms with Crippen molar-refractivity contribution in [3.05, 3.63) is 12.7 Å². The van der Waals surface area contributed by atoms with E-state index in [0.29, 0.717) is 19.1 Å². The highest BCUT2D eigenvalue weighted by Gasteiger charge is 2.34. The second-order valence-corrected chi connectivity index (χ2v) is 5.85. The molecule has 20 heavy (non-hydrogen) atoms. The molecular formula is C15H24N2O3. The minimum absolute atomic E-state index is 0.0648. The maximum absolute atomic E-state index is 12.2. The summed E-state index contributed by atoms with van der Waals surface area (Å²) in [6.45, 7) is 4.71. The lowest BCUT2D eigenvalue weighted by Gasteiger charge is -2.30. The molecule has 2 unspecified atom stereocenters. The number of carbonyl (C=O) groups excluding carboxylic acids is 1. The third-order valence-corrected chi connectivity index (χ3v) is 4.32. The summed E-state index contributed by atoms with van der Waals surface area (Å²) in [5.74, 6) is -0.970. The number of carboxylic acids is 1. The Morgan fingerprint density at radius 1 is 1.25 bits per heavy atom. The normalized spacial score (nSPS) is 25.8. The van der Waals surface area contributed by atoms with Gasteiger partial charge in [0.2, 0.25) is 0 Å². The molecule has 0 aromatic carbocycles. The minimum Gasteiger partial charge on any atom is -0.481 e. The number of amides is 2. The highest BCUT2D eigenvalue weighted by molar-refractivity contribution is 5.75. The average Bonchev–Trinajstić information content (AvgIpc) is 3.26. The Kier molecular flexibility index (Phi) is 5.04. The van der Waals surface area contributed by atoms with Crippen molar-refractivity contribution >= 4 is 12.0 Å². The van der Waals surface area contributed by atoms with Crippen molar-refractivity contribution in [1.82, 2.24) is 10.2 Å². The van der Waals surface area contributed by atoms with Crippen LogP contribution in [0.3, 0.4) is 0 Å². The van der Waals surface area contributed by atoms with E-state index in [9.17, 15) is 14.7 Å². The van der Waals surface area contributed by atoms with Crippen LogP contribution in [-0.2, 0) is 4.79 Å². The molecule has 0 bridgehead atoms. The number of carbonyl (C=O) groups is 2. The van der Waals surface area contributed by atoms with E-state index >= 15 is 0 Å². The van der Waals surface area contributed by atoms with Crippen LogP contribution in [0.1, 0.15) is 38.5 Å². The SMILES string of the molecule is C=CCN(C(=O)NCC1CCCCC1C(=O)O)C1CC1. The molecule has 0 radical (unpaired) electrons. The van der Waals surface area contributed by atoms with E-state index in [4.69, 9.17) is 0 Å². The van der Waals surface area contributed by atoms with Gasteiger partial charge in [-0.2, -0.15) is 0 Å². The van der Waals surface area contributed by atoms with E-state index < -0.39 is 5.97 Å². The molecule has 2 N–H and O–H groups in total. The molecule has 5 nitrogen and oxygen atoms in total. The predicted molar refractivity (Wildman–Crippen MR) is 76.4 cm³/mol. The van der Waals surface area contributed by atoms with Crippen molar-refractivity contribution in [1.29, 1.82) is 0 Å². The van der Waals surface area contributed by atoms with Crippen LogP contribution >= 0.6 is 0 Å². The van der Waals surface area contributed by atoms with Gasteiger partial charge in [-0.1, -0.05) is 18.9 Å². The Morgan fingerprint density at radius 3 is 2.55 bits per heavy atom. The van der Waals surface area contributed by atoms with Crippen LogP contribution in [0.5, 0.6) is 0 Å². The van der Waals surface area contributed by atoms with Crippen molar-refractivity contribution in [2.24, 2.45) is 11.8 Å². The van der Waals surface area contributed by atoms with Crippen molar-refractivity contribution in [3.63, 3.8) is 0 Å². The van der Waals surface area contributed by atoms with Crippen molar-refractivity contribution in [2.45, 2.75) is 44.6 Å². The summed E-state index contributed by atoms with van der Waals surface area (Å²) >= 11 is 0. The van der Waals surface area contributed by atoms with Gasteiger partial charge in [-0.3, -0.25) is 4.79 Å². The van der Waals surface area contributed by atoms with Crippen molar-refractivity contribution in [2.75, 3.05) is 13.1 Å². The molecule has 0 heterocycles. The first-order chi connectivity index (χ1) is 9.63. The fourth-order valence-corrected chi connectivity index (χ4v) is 3.02. The number of carboxylic acid groups (broad SMARTS) is 1. The van der Waals surface area contributed by atoms with Crippen LogP contribution in [0, 0.1) is 11.8 Å². The van der Waals surface area contributed by atoms with E-state index in [0.717, 1.165) is 38.5 Å². The highest BCUT2D eigenvalue weighted by atomic mass is 16.4. The lowest BCUT2D eigenvalue weighted by Crippen LogP contribution is -2.45. The number of hydrogen-bond acceptors (Lipinski definition) is 2. The van der Waals surface area contributed by atoms with Gasteiger partial charge in [-0.25, -0.2) is 4.79 Å². The fraction of sp³-hybridized carbons (Fsp3) is 0.733. The van der Waals surface area contributed by atoms with E-state index in [2.05, 4.69) is 11.9 Å². The van der Waals surface area contributed by atoms with Crippen LogP contribution in [0.15, 0.2) is 12.7 Å². The quantitative estimate of drug-likeness (QED) is 0.733. The molecule has 2 amide bonds. The largest absolute Gasteiger partial charge is 0.481 e. The molecule has 0 aliphatic heterocycles. The molecule has 2 aliphatic carbocycles. The molecule has 0 aromatic rings. The van der Waals surface area contributed by atoms with Crippen LogP contribution in [0.4, 0.5) is 4.79 Å². The lowest BCUT2D eigenvalue weighted by atomic mass is 9.79. The highest BCUT2D eigenvalue weighted by Crippen LogP contribution is 2.30. The van der Waals surface area contributed by atoms with Gasteiger partial charge in [0.25, 0.3) is 0 Å². The first-order valence-corrected chi connectivity index (χ1v) is 7.51. The smallest absolute Gasteiger partial charge is 0.317 e. The summed E-state index contributed by atoms with van der Waals surface area (Å²) in [7, 11) is 0. The summed E-state index contributed by atoms with van der Waals surface area (Å²) in [5.41, 5.74) is 0. The topological polar surface area (TPSA) is 69.6 Å². The van der Waals surface area contributed by atoms with E-state index in [1.807, 2.05) is 0 Å². The Bertz CT molecular complexity index is 379. The Balaban J connectivity index is 1.84. The number of hydrogen-bond donors (Lipinski definition) is 2. The van der Waals surface area contributed by atoms with Gasteiger partial charge in [-0.15, -0.1) is 6.58 Å². The third-order valence-electron chi connectivity index (χ3n) is 4.32. The van der Waals surface area contributed by atoms with Crippen LogP contribution < -0.4 is 5.32 Å². The van der Waals surface area contributed by atoms with Crippen LogP contribution in [0.25, 0.3) is 0 Å². The van der Waals surface area contributed by atoms with E-state index in [-0.39, 0.29) is 17.9 Å². The van der Waals surface area contributed by atoms with Gasteiger partial charge in [0.15, 0.2) is 0 Å². The van der Waals surface area contributed by atoms with Crippen LogP contribution in [-0.4, -0.2) is 41.1 Å². The summed E-state index contributed by atoms with van der Waals surface area (Å²) in [6.07, 6.45) is 7.51. The number of rotatable bonds is 6. The molecular weight excluding hydrogens is 256 g/mol. The Morgan fingerprint density at radius 2 is 1.95 bits per heavy atom. The van der Waals surface area contributed by atoms with Gasteiger partial charge >= 0.3 is 12.0 Å². The zero-order chi connectivity index (χ0) is 14.5. The first kappa shape index (κ1) is 14.9. The average molecular weight is 280 g/mol. The zero-order valence-corrected chi connectivity index (χ0v) is 11.9. The van der Waals surface area contributed by atoms with Gasteiger partial charge in [0, 0.05) is 19.1 Å². The maximum atomic E-state index is 12.2. The number of nitrogens with one attached hydrogen (secondary N) is 1. The second kappa shape index (κ2) is 6.77. The molecule has 2 saturated carbocycles. The van der Waals surface area contributed by atoms with Gasteiger partial charge < -0.3 is 15.3 Å². The Hall–Kier alpha value is -1.52. The molecule has 0 aromatic heterocycles. The molecule has 2 atom stereocenters. The van der Waals surface area contributed by atoms with E-state index in [1.165, 1.54) is 0 Å². The number of urea groups is 1. The predicted octanol–water partition coefficient (Wildman–Crippen LogP) is 2.24. The number of nitrogens with zero attached hydrogens (tertiary/aromatic N) is 1. The second-order valence-electron chi connectivity index (χ2n) is 5.85. The summed E-state index contributed by atoms with van der Waals surface area (Å²) in [5, 5.41) is 12.1. The van der Waals surface area contributed by atoms with Gasteiger partial charge in [-0.05, 0) is 31.6 Å². The standard InChI is InChI=1S/C15H24N2O3/c1-2-9-17(12-7-8-12)15(20)16-10-11-5-3-4-6-13(11)14(18)19/h2,11-13H,1,3-10H2,(H,16,20)(H,18,19). The zero-order valence-electron chi connectivity index (χ0n) is 11.9. The molecule has 2 rings (SSSR count). The Labute approximate surface area is 120 Å². The molecule has 5 heteroatoms. The third kappa shape index (κ3) is 3.74. The molecule has 2 aliphatic rings. The number of aliphatic carboxylic acids is 1. The van der Waals surface area contributed by atoms with Crippen LogP contribution in [0.2, 0.25) is 0 Å². The minimum atomic E-state index is -0.728. The monoisotopic (exact) mass is 280 g/mol. The van der Waals surface area contributed by atoms with Gasteiger partial charge in [0.1, 0.15) is 0 Å². The van der Waals surface area contributed by atoms with Crippen molar-refractivity contribution < 1.29 is 14.7 Å². The molecule has 0 saturated heterocycles.